The van der Waals surface area contributed by atoms with Crippen molar-refractivity contribution in [3.05, 3.63) is 35.0 Å². The van der Waals surface area contributed by atoms with E-state index in [1.165, 1.54) is 32.1 Å². The first-order valence-electron chi connectivity index (χ1n) is 7.70. The second-order valence-electron chi connectivity index (χ2n) is 5.76. The summed E-state index contributed by atoms with van der Waals surface area (Å²) in [6.45, 7) is 3.13. The summed E-state index contributed by atoms with van der Waals surface area (Å²) in [7, 11) is 0. The normalized spacial score (nSPS) is 18.5. The smallest absolute Gasteiger partial charge is 0.134 e. The number of furan rings is 1. The molecule has 108 valence electrons. The van der Waals surface area contributed by atoms with Gasteiger partial charge in [0.25, 0.3) is 0 Å². The van der Waals surface area contributed by atoms with Crippen molar-refractivity contribution >= 4 is 22.6 Å². The van der Waals surface area contributed by atoms with Gasteiger partial charge in [-0.1, -0.05) is 37.8 Å². The minimum atomic E-state index is 0.339. The van der Waals surface area contributed by atoms with E-state index in [1.54, 1.807) is 0 Å². The van der Waals surface area contributed by atoms with Gasteiger partial charge in [0, 0.05) is 10.4 Å². The SMILES string of the molecule is CCNC(c1cc2cc(Cl)ccc2o1)C1CCCCC1. The van der Waals surface area contributed by atoms with Crippen LogP contribution in [0.5, 0.6) is 0 Å². The summed E-state index contributed by atoms with van der Waals surface area (Å²) in [4.78, 5) is 0. The van der Waals surface area contributed by atoms with Crippen molar-refractivity contribution in [3.8, 4) is 0 Å². The number of rotatable bonds is 4. The molecule has 2 aromatic rings. The molecule has 1 aromatic heterocycles. The summed E-state index contributed by atoms with van der Waals surface area (Å²) in [5.74, 6) is 1.76. The minimum Gasteiger partial charge on any atom is -0.459 e. The fraction of sp³-hybridized carbons (Fsp3) is 0.529. The maximum Gasteiger partial charge on any atom is 0.134 e. The molecule has 0 bridgehead atoms. The predicted molar refractivity (Wildman–Crippen MR) is 84.2 cm³/mol. The van der Waals surface area contributed by atoms with E-state index < -0.39 is 0 Å². The lowest BCUT2D eigenvalue weighted by molar-refractivity contribution is 0.250. The maximum absolute atomic E-state index is 6.07. The third-order valence-corrected chi connectivity index (χ3v) is 4.58. The van der Waals surface area contributed by atoms with Crippen molar-refractivity contribution in [1.82, 2.24) is 5.32 Å². The molecule has 1 unspecified atom stereocenters. The molecule has 1 fully saturated rings. The van der Waals surface area contributed by atoms with E-state index >= 15 is 0 Å². The van der Waals surface area contributed by atoms with Crippen LogP contribution in [0, 0.1) is 5.92 Å². The number of hydrogen-bond acceptors (Lipinski definition) is 2. The number of halogens is 1. The van der Waals surface area contributed by atoms with Gasteiger partial charge in [0.1, 0.15) is 11.3 Å². The first-order valence-corrected chi connectivity index (χ1v) is 8.08. The fourth-order valence-electron chi connectivity index (χ4n) is 3.37. The Kier molecular flexibility index (Phi) is 4.32. The highest BCUT2D eigenvalue weighted by Crippen LogP contribution is 2.36. The van der Waals surface area contributed by atoms with E-state index in [0.29, 0.717) is 12.0 Å². The zero-order chi connectivity index (χ0) is 13.9. The minimum absolute atomic E-state index is 0.339. The van der Waals surface area contributed by atoms with Gasteiger partial charge >= 0.3 is 0 Å². The summed E-state index contributed by atoms with van der Waals surface area (Å²) in [5, 5.41) is 5.49. The molecule has 1 aromatic carbocycles. The Morgan fingerprint density at radius 2 is 2.05 bits per heavy atom. The Balaban J connectivity index is 1.91. The predicted octanol–water partition coefficient (Wildman–Crippen LogP) is 5.32. The molecule has 0 saturated heterocycles. The van der Waals surface area contributed by atoms with Crippen LogP contribution in [0.25, 0.3) is 11.0 Å². The van der Waals surface area contributed by atoms with Crippen molar-refractivity contribution in [3.63, 3.8) is 0 Å². The van der Waals surface area contributed by atoms with Gasteiger partial charge in [0.2, 0.25) is 0 Å². The lowest BCUT2D eigenvalue weighted by Gasteiger charge is -2.29. The van der Waals surface area contributed by atoms with Crippen molar-refractivity contribution in [2.75, 3.05) is 6.54 Å². The van der Waals surface area contributed by atoms with Gasteiger partial charge in [-0.2, -0.15) is 0 Å². The summed E-state index contributed by atoms with van der Waals surface area (Å²) in [6.07, 6.45) is 6.67. The van der Waals surface area contributed by atoms with Gasteiger partial charge in [0.05, 0.1) is 6.04 Å². The van der Waals surface area contributed by atoms with Gasteiger partial charge in [-0.3, -0.25) is 0 Å². The third kappa shape index (κ3) is 2.87. The van der Waals surface area contributed by atoms with Crippen LogP contribution in [-0.2, 0) is 0 Å². The number of fused-ring (bicyclic) bond motifs is 1. The highest BCUT2D eigenvalue weighted by Gasteiger charge is 2.27. The number of nitrogens with one attached hydrogen (secondary N) is 1. The Morgan fingerprint density at radius 3 is 2.80 bits per heavy atom. The van der Waals surface area contributed by atoms with Gasteiger partial charge in [0.15, 0.2) is 0 Å². The molecule has 0 aliphatic heterocycles. The molecule has 0 spiro atoms. The summed E-state index contributed by atoms with van der Waals surface area (Å²) >= 11 is 6.06. The van der Waals surface area contributed by atoms with Crippen LogP contribution in [0.3, 0.4) is 0 Å². The highest BCUT2D eigenvalue weighted by atomic mass is 35.5. The molecule has 1 aliphatic carbocycles. The van der Waals surface area contributed by atoms with E-state index in [2.05, 4.69) is 18.3 Å². The lowest BCUT2D eigenvalue weighted by Crippen LogP contribution is -2.29. The molecule has 1 aliphatic rings. The Hall–Kier alpha value is -0.990. The monoisotopic (exact) mass is 291 g/mol. The molecule has 3 heteroatoms. The van der Waals surface area contributed by atoms with Gasteiger partial charge in [-0.15, -0.1) is 0 Å². The quantitative estimate of drug-likeness (QED) is 0.825. The molecule has 1 saturated carbocycles. The van der Waals surface area contributed by atoms with Crippen LogP contribution >= 0.6 is 11.6 Å². The van der Waals surface area contributed by atoms with Crippen LogP contribution in [0.2, 0.25) is 5.02 Å². The van der Waals surface area contributed by atoms with E-state index in [9.17, 15) is 0 Å². The molecule has 20 heavy (non-hydrogen) atoms. The van der Waals surface area contributed by atoms with E-state index in [-0.39, 0.29) is 0 Å². The second-order valence-corrected chi connectivity index (χ2v) is 6.20. The van der Waals surface area contributed by atoms with Crippen LogP contribution in [0.1, 0.15) is 50.8 Å². The van der Waals surface area contributed by atoms with Crippen LogP contribution in [0.15, 0.2) is 28.7 Å². The van der Waals surface area contributed by atoms with Gasteiger partial charge in [-0.25, -0.2) is 0 Å². The van der Waals surface area contributed by atoms with E-state index in [0.717, 1.165) is 28.3 Å². The average molecular weight is 292 g/mol. The van der Waals surface area contributed by atoms with E-state index in [4.69, 9.17) is 16.0 Å². The lowest BCUT2D eigenvalue weighted by atomic mass is 9.83. The van der Waals surface area contributed by atoms with Gasteiger partial charge in [-0.05, 0) is 49.6 Å². The van der Waals surface area contributed by atoms with Gasteiger partial charge < -0.3 is 9.73 Å². The average Bonchev–Trinajstić information content (AvgIpc) is 2.88. The number of hydrogen-bond donors (Lipinski definition) is 1. The maximum atomic E-state index is 6.07. The first-order chi connectivity index (χ1) is 9.78. The molecule has 0 radical (unpaired) electrons. The second kappa shape index (κ2) is 6.19. The Morgan fingerprint density at radius 1 is 1.25 bits per heavy atom. The van der Waals surface area contributed by atoms with Crippen molar-refractivity contribution < 1.29 is 4.42 Å². The van der Waals surface area contributed by atoms with Crippen LogP contribution in [0.4, 0.5) is 0 Å². The Labute approximate surface area is 125 Å². The molecule has 1 N–H and O–H groups in total. The summed E-state index contributed by atoms with van der Waals surface area (Å²) < 4.78 is 6.07. The Bertz CT molecular complexity index is 571. The topological polar surface area (TPSA) is 25.2 Å². The zero-order valence-corrected chi connectivity index (χ0v) is 12.7. The molecular weight excluding hydrogens is 270 g/mol. The molecule has 1 heterocycles. The van der Waals surface area contributed by atoms with Crippen molar-refractivity contribution in [1.29, 1.82) is 0 Å². The summed E-state index contributed by atoms with van der Waals surface area (Å²) in [6, 6.07) is 8.33. The largest absolute Gasteiger partial charge is 0.459 e. The standard InChI is InChI=1S/C17H22ClNO/c1-2-19-17(12-6-4-3-5-7-12)16-11-13-10-14(18)8-9-15(13)20-16/h8-12,17,19H,2-7H2,1H3. The molecule has 1 atom stereocenters. The van der Waals surface area contributed by atoms with E-state index in [1.807, 2.05) is 18.2 Å². The van der Waals surface area contributed by atoms with Crippen molar-refractivity contribution in [2.45, 2.75) is 45.1 Å². The van der Waals surface area contributed by atoms with Crippen LogP contribution in [-0.4, -0.2) is 6.54 Å². The molecule has 2 nitrogen and oxygen atoms in total. The molecule has 3 rings (SSSR count). The fourth-order valence-corrected chi connectivity index (χ4v) is 3.56. The molecule has 0 amide bonds. The zero-order valence-electron chi connectivity index (χ0n) is 12.0. The first kappa shape index (κ1) is 14.0. The number of benzene rings is 1. The van der Waals surface area contributed by atoms with Crippen LogP contribution < -0.4 is 5.32 Å². The molecular formula is C17H22ClNO. The third-order valence-electron chi connectivity index (χ3n) is 4.35. The highest BCUT2D eigenvalue weighted by molar-refractivity contribution is 6.31. The van der Waals surface area contributed by atoms with Crippen molar-refractivity contribution in [2.24, 2.45) is 5.92 Å². The summed E-state index contributed by atoms with van der Waals surface area (Å²) in [5.41, 5.74) is 0.933.